The Morgan fingerprint density at radius 3 is 1.80 bits per heavy atom. The van der Waals surface area contributed by atoms with E-state index in [2.05, 4.69) is 33.5 Å². The number of hydrogen-bond donors (Lipinski definition) is 15. The van der Waals surface area contributed by atoms with Gasteiger partial charge in [-0.15, -0.1) is 0 Å². The number of ether oxygens (including phenoxy) is 1. The zero-order chi connectivity index (χ0) is 63.4. The number of nitrogens with zero attached hydrogens (tertiary/aromatic N) is 1. The average molecular weight is 1210 g/mol. The van der Waals surface area contributed by atoms with Crippen molar-refractivity contribution in [3.8, 4) is 33.8 Å². The van der Waals surface area contributed by atoms with Crippen molar-refractivity contribution in [1.29, 1.82) is 0 Å². The molecule has 2 heterocycles. The van der Waals surface area contributed by atoms with Gasteiger partial charge < -0.3 is 82.0 Å². The quantitative estimate of drug-likeness (QED) is 0.0588. The molecule has 3 aliphatic rings. The molecule has 472 valence electrons. The van der Waals surface area contributed by atoms with Gasteiger partial charge in [0.25, 0.3) is 5.91 Å². The summed E-state index contributed by atoms with van der Waals surface area (Å²) in [7, 11) is 0. The Morgan fingerprint density at radius 1 is 0.690 bits per heavy atom. The number of hydrogen-bond acceptors (Lipinski definition) is 19. The molecule has 24 heteroatoms. The molecule has 87 heavy (non-hydrogen) atoms. The van der Waals surface area contributed by atoms with E-state index in [1.54, 1.807) is 12.1 Å². The second-order valence-corrected chi connectivity index (χ2v) is 23.2. The zero-order valence-corrected chi connectivity index (χ0v) is 49.0. The Labute approximate surface area is 504 Å². The third-order valence-electron chi connectivity index (χ3n) is 16.7. The van der Waals surface area contributed by atoms with Gasteiger partial charge in [0.1, 0.15) is 53.7 Å². The molecule has 2 aliphatic heterocycles. The van der Waals surface area contributed by atoms with E-state index in [1.807, 2.05) is 48.5 Å². The first-order valence-electron chi connectivity index (χ1n) is 29.5. The van der Waals surface area contributed by atoms with Gasteiger partial charge in [0.05, 0.1) is 68.4 Å². The largest absolute Gasteiger partial charge is 0.508 e. The van der Waals surface area contributed by atoms with Crippen LogP contribution in [-0.4, -0.2) is 196 Å². The van der Waals surface area contributed by atoms with Crippen molar-refractivity contribution in [3.63, 3.8) is 0 Å². The number of nitrogens with one attached hydrogen (secondary N) is 5. The van der Waals surface area contributed by atoms with Crippen molar-refractivity contribution in [2.24, 2.45) is 23.7 Å². The van der Waals surface area contributed by atoms with Gasteiger partial charge in [0.2, 0.25) is 23.6 Å². The van der Waals surface area contributed by atoms with Crippen molar-refractivity contribution in [2.75, 3.05) is 26.4 Å². The lowest BCUT2D eigenvalue weighted by Gasteiger charge is -2.35. The molecule has 0 bridgehead atoms. The molecule has 3 fully saturated rings. The second kappa shape index (κ2) is 30.6. The number of phenols is 1. The SMILES string of the molecule is CCCCCOc1ccc(-c2ccc(-c3ccc(C(=O)N[C@H]4C[C@@H](O)C(NC(CO)CO)NC(=O)C5[C@@H](O)[C@@H](C)CN5C(=O)C([C@@H](C)O)NC(=O)C([C@H](O)[C@@H](O)c5ccc(O)cc5)CC(=O)C5C[C@@H](O)CC5C(=O)C([C@@H](C)O)NC4=O)cc3)cc2)cc1. The number of aliphatic hydroxyl groups excluding tert-OH is 9. The molecule has 7 unspecified atom stereocenters. The summed E-state index contributed by atoms with van der Waals surface area (Å²) in [6.45, 7) is 4.56. The Bertz CT molecular complexity index is 2980. The normalized spacial score (nSPS) is 27.6. The van der Waals surface area contributed by atoms with Crippen LogP contribution in [0, 0.1) is 23.7 Å². The molecular weight excluding hydrogens is 1130 g/mol. The minimum atomic E-state index is -2.18. The number of rotatable bonds is 18. The number of Topliss-reactive ketones (excluding diaryl/α,β-unsaturated/α-hetero) is 2. The van der Waals surface area contributed by atoms with Gasteiger partial charge in [-0.25, -0.2) is 0 Å². The van der Waals surface area contributed by atoms with Gasteiger partial charge in [-0.2, -0.15) is 0 Å². The van der Waals surface area contributed by atoms with Crippen molar-refractivity contribution in [2.45, 2.75) is 152 Å². The van der Waals surface area contributed by atoms with E-state index in [-0.39, 0.29) is 29.8 Å². The number of carbonyl (C=O) groups is 7. The van der Waals surface area contributed by atoms with Crippen LogP contribution in [0.4, 0.5) is 0 Å². The highest BCUT2D eigenvalue weighted by Gasteiger charge is 2.51. The fraction of sp³-hybridized carbons (Fsp3) is 0.508. The number of benzene rings is 4. The van der Waals surface area contributed by atoms with Crippen LogP contribution in [0.25, 0.3) is 22.3 Å². The standard InChI is InChI=1S/C63H82N6O18/c1-5-6-7-24-87-44-22-18-38(19-23-44)36-10-8-35(9-11-36)37-12-14-40(15-13-37)59(82)65-48-28-50(77)58(64-41(30-70)31-71)68-62(85)53-54(78)32(2)29-69(53)63(86)52(34(4)73)67-60(83)47(57(81)55(79)39-16-20-42(74)21-17-39)27-49(76)45-25-43(75)26-46(45)56(80)51(33(3)72)66-61(48)84/h8-23,32-34,41,43,45-48,50-55,57-58,64,70-75,77-79,81H,5-7,24-31H2,1-4H3,(H,65,82)(H,66,84)(H,67,83)(H,68,85)/t32-,33+,34+,43+,45?,46?,47?,48-,50+,51?,52?,53?,54-,55-,57-,58?/m0/s1. The molecule has 0 spiro atoms. The van der Waals surface area contributed by atoms with Gasteiger partial charge >= 0.3 is 0 Å². The van der Waals surface area contributed by atoms with Gasteiger partial charge in [-0.1, -0.05) is 87.4 Å². The first-order valence-corrected chi connectivity index (χ1v) is 29.5. The maximum absolute atomic E-state index is 14.8. The molecule has 1 saturated carbocycles. The van der Waals surface area contributed by atoms with Crippen LogP contribution < -0.4 is 31.3 Å². The molecule has 0 aromatic heterocycles. The monoisotopic (exact) mass is 1210 g/mol. The summed E-state index contributed by atoms with van der Waals surface area (Å²) >= 11 is 0. The number of fused-ring (bicyclic) bond motifs is 2. The molecule has 24 nitrogen and oxygen atoms in total. The number of aliphatic hydroxyl groups is 9. The maximum Gasteiger partial charge on any atom is 0.251 e. The van der Waals surface area contributed by atoms with E-state index >= 15 is 0 Å². The third-order valence-corrected chi connectivity index (χ3v) is 16.7. The number of phenolic OH excluding ortho intramolecular Hbond substituents is 1. The molecule has 15 N–H and O–H groups in total. The topological polar surface area (TPSA) is 394 Å². The fourth-order valence-electron chi connectivity index (χ4n) is 11.5. The minimum absolute atomic E-state index is 0.0154. The van der Waals surface area contributed by atoms with Gasteiger partial charge in [0, 0.05) is 42.7 Å². The molecule has 0 radical (unpaired) electrons. The summed E-state index contributed by atoms with van der Waals surface area (Å²) in [6, 6.07) is 17.7. The number of ketones is 2. The van der Waals surface area contributed by atoms with Crippen LogP contribution in [0.1, 0.15) is 94.7 Å². The highest BCUT2D eigenvalue weighted by atomic mass is 16.5. The lowest BCUT2D eigenvalue weighted by atomic mass is 9.80. The van der Waals surface area contributed by atoms with E-state index in [9.17, 15) is 84.6 Å². The van der Waals surface area contributed by atoms with Crippen molar-refractivity contribution < 1.29 is 89.4 Å². The van der Waals surface area contributed by atoms with E-state index in [0.717, 1.165) is 60.4 Å². The Hall–Kier alpha value is -7.23. The lowest BCUT2D eigenvalue weighted by Crippen LogP contribution is -2.64. The van der Waals surface area contributed by atoms with Crippen molar-refractivity contribution in [3.05, 3.63) is 108 Å². The van der Waals surface area contributed by atoms with Crippen LogP contribution in [0.5, 0.6) is 11.5 Å². The number of carbonyl (C=O) groups excluding carboxylic acids is 7. The van der Waals surface area contributed by atoms with Gasteiger partial charge in [0.15, 0.2) is 5.78 Å². The Kier molecular flexibility index (Phi) is 23.7. The summed E-state index contributed by atoms with van der Waals surface area (Å²) in [5.74, 6) is -12.8. The van der Waals surface area contributed by atoms with E-state index in [4.69, 9.17) is 4.74 Å². The summed E-state index contributed by atoms with van der Waals surface area (Å²) < 4.78 is 5.86. The molecular formula is C63H82N6O18. The zero-order valence-electron chi connectivity index (χ0n) is 49.0. The van der Waals surface area contributed by atoms with Crippen LogP contribution >= 0.6 is 0 Å². The lowest BCUT2D eigenvalue weighted by molar-refractivity contribution is -0.148. The summed E-state index contributed by atoms with van der Waals surface area (Å²) in [4.78, 5) is 103. The molecule has 2 saturated heterocycles. The van der Waals surface area contributed by atoms with Crippen LogP contribution in [-0.2, 0) is 28.8 Å². The number of aromatic hydroxyl groups is 1. The minimum Gasteiger partial charge on any atom is -0.508 e. The highest BCUT2D eigenvalue weighted by Crippen LogP contribution is 2.38. The van der Waals surface area contributed by atoms with Crippen molar-refractivity contribution >= 4 is 41.1 Å². The summed E-state index contributed by atoms with van der Waals surface area (Å²) in [5.41, 5.74) is 3.41. The first kappa shape index (κ1) is 67.3. The molecule has 7 rings (SSSR count). The van der Waals surface area contributed by atoms with E-state index < -0.39 is 176 Å². The van der Waals surface area contributed by atoms with E-state index in [0.29, 0.717) is 12.2 Å². The maximum atomic E-state index is 14.8. The van der Waals surface area contributed by atoms with E-state index in [1.165, 1.54) is 43.3 Å². The van der Waals surface area contributed by atoms with Crippen LogP contribution in [0.15, 0.2) is 97.1 Å². The summed E-state index contributed by atoms with van der Waals surface area (Å²) in [6.07, 6.45) is -13.9. The first-order chi connectivity index (χ1) is 41.4. The molecule has 5 amide bonds. The van der Waals surface area contributed by atoms with Gasteiger partial charge in [-0.05, 0) is 97.3 Å². The predicted octanol–water partition coefficient (Wildman–Crippen LogP) is 0.108. The highest BCUT2D eigenvalue weighted by molar-refractivity contribution is 6.01. The predicted molar refractivity (Wildman–Crippen MR) is 315 cm³/mol. The summed E-state index contributed by atoms with van der Waals surface area (Å²) in [5, 5.41) is 123. The molecule has 1 aliphatic carbocycles. The molecule has 4 aromatic carbocycles. The van der Waals surface area contributed by atoms with Gasteiger partial charge in [-0.3, -0.25) is 38.9 Å². The number of unbranched alkanes of at least 4 members (excludes halogenated alkanes) is 2. The fourth-order valence-corrected chi connectivity index (χ4v) is 11.5. The molecule has 4 aromatic rings. The van der Waals surface area contributed by atoms with Crippen LogP contribution in [0.2, 0.25) is 0 Å². The van der Waals surface area contributed by atoms with Crippen molar-refractivity contribution in [1.82, 2.24) is 31.5 Å². The van der Waals surface area contributed by atoms with Crippen LogP contribution in [0.3, 0.4) is 0 Å². The third kappa shape index (κ3) is 16.7. The Morgan fingerprint density at radius 2 is 1.24 bits per heavy atom. The molecule has 16 atom stereocenters. The Balaban J connectivity index is 1.23. The number of amides is 5. The second-order valence-electron chi connectivity index (χ2n) is 23.2. The average Bonchev–Trinajstić information content (AvgIpc) is 1.95. The smallest absolute Gasteiger partial charge is 0.251 e.